The predicted octanol–water partition coefficient (Wildman–Crippen LogP) is 1.68. The SMILES string of the molecule is CN(C)C(=O)CN1CCN(Cc2ccc(F)cc2Cl)CC1. The monoisotopic (exact) mass is 313 g/mol. The lowest BCUT2D eigenvalue weighted by molar-refractivity contribution is -0.130. The van der Waals surface area contributed by atoms with Crippen molar-refractivity contribution in [1.82, 2.24) is 14.7 Å². The van der Waals surface area contributed by atoms with Crippen LogP contribution in [-0.4, -0.2) is 67.4 Å². The van der Waals surface area contributed by atoms with Crippen LogP contribution in [0.4, 0.5) is 4.39 Å². The van der Waals surface area contributed by atoms with Crippen molar-refractivity contribution in [2.45, 2.75) is 6.54 Å². The molecule has 1 aliphatic rings. The topological polar surface area (TPSA) is 26.8 Å². The summed E-state index contributed by atoms with van der Waals surface area (Å²) in [5.74, 6) is -0.180. The molecule has 0 N–H and O–H groups in total. The lowest BCUT2D eigenvalue weighted by atomic mass is 10.2. The molecule has 6 heteroatoms. The maximum Gasteiger partial charge on any atom is 0.236 e. The fourth-order valence-corrected chi connectivity index (χ4v) is 2.56. The summed E-state index contributed by atoms with van der Waals surface area (Å²) in [4.78, 5) is 17.7. The number of amides is 1. The average Bonchev–Trinajstić information content (AvgIpc) is 2.43. The van der Waals surface area contributed by atoms with Crippen LogP contribution in [-0.2, 0) is 11.3 Å². The van der Waals surface area contributed by atoms with Gasteiger partial charge in [-0.15, -0.1) is 0 Å². The Morgan fingerprint density at radius 1 is 1.24 bits per heavy atom. The lowest BCUT2D eigenvalue weighted by Gasteiger charge is -2.34. The third-order valence-electron chi connectivity index (χ3n) is 3.73. The number of likely N-dealkylation sites (N-methyl/N-ethyl adjacent to an activating group) is 1. The van der Waals surface area contributed by atoms with Gasteiger partial charge < -0.3 is 4.90 Å². The molecule has 0 radical (unpaired) electrons. The van der Waals surface area contributed by atoms with E-state index >= 15 is 0 Å². The van der Waals surface area contributed by atoms with Gasteiger partial charge in [-0.1, -0.05) is 17.7 Å². The van der Waals surface area contributed by atoms with E-state index in [1.165, 1.54) is 12.1 Å². The number of piperazine rings is 1. The first kappa shape index (κ1) is 16.2. The van der Waals surface area contributed by atoms with Crippen LogP contribution in [0.5, 0.6) is 0 Å². The second-order valence-corrected chi connectivity index (χ2v) is 5.98. The highest BCUT2D eigenvalue weighted by molar-refractivity contribution is 6.31. The second-order valence-electron chi connectivity index (χ2n) is 5.58. The summed E-state index contributed by atoms with van der Waals surface area (Å²) < 4.78 is 13.0. The summed E-state index contributed by atoms with van der Waals surface area (Å²) in [6.45, 7) is 4.67. The van der Waals surface area contributed by atoms with Crippen molar-refractivity contribution in [3.63, 3.8) is 0 Å². The van der Waals surface area contributed by atoms with Crippen LogP contribution >= 0.6 is 11.6 Å². The highest BCUT2D eigenvalue weighted by atomic mass is 35.5. The average molecular weight is 314 g/mol. The summed E-state index contributed by atoms with van der Waals surface area (Å²) in [7, 11) is 3.55. The van der Waals surface area contributed by atoms with Crippen LogP contribution in [0.15, 0.2) is 18.2 Å². The first-order valence-corrected chi connectivity index (χ1v) is 7.42. The standard InChI is InChI=1S/C15H21ClFN3O/c1-18(2)15(21)11-20-7-5-19(6-8-20)10-12-3-4-13(17)9-14(12)16/h3-4,9H,5-8,10-11H2,1-2H3. The van der Waals surface area contributed by atoms with Crippen LogP contribution in [0, 0.1) is 5.82 Å². The third kappa shape index (κ3) is 4.66. The number of halogens is 2. The van der Waals surface area contributed by atoms with Crippen LogP contribution in [0.25, 0.3) is 0 Å². The van der Waals surface area contributed by atoms with Crippen LogP contribution < -0.4 is 0 Å². The normalized spacial score (nSPS) is 17.0. The minimum absolute atomic E-state index is 0.130. The maximum atomic E-state index is 13.0. The molecule has 0 aliphatic carbocycles. The molecule has 0 saturated carbocycles. The molecule has 1 aromatic carbocycles. The second kappa shape index (κ2) is 7.20. The summed E-state index contributed by atoms with van der Waals surface area (Å²) in [5, 5.41) is 0.472. The fourth-order valence-electron chi connectivity index (χ4n) is 2.33. The zero-order chi connectivity index (χ0) is 15.4. The molecule has 1 heterocycles. The number of rotatable bonds is 4. The number of benzene rings is 1. The van der Waals surface area contributed by atoms with E-state index in [1.54, 1.807) is 25.1 Å². The molecule has 1 saturated heterocycles. The van der Waals surface area contributed by atoms with Crippen molar-refractivity contribution in [1.29, 1.82) is 0 Å². The maximum absolute atomic E-state index is 13.0. The quantitative estimate of drug-likeness (QED) is 0.846. The van der Waals surface area contributed by atoms with Crippen molar-refractivity contribution in [3.8, 4) is 0 Å². The van der Waals surface area contributed by atoms with Crippen molar-refractivity contribution in [3.05, 3.63) is 34.6 Å². The Balaban J connectivity index is 1.83. The van der Waals surface area contributed by atoms with Gasteiger partial charge in [-0.2, -0.15) is 0 Å². The van der Waals surface area contributed by atoms with Gasteiger partial charge in [0.1, 0.15) is 5.82 Å². The van der Waals surface area contributed by atoms with Gasteiger partial charge in [-0.3, -0.25) is 14.6 Å². The Bertz CT molecular complexity index is 502. The Hall–Kier alpha value is -1.17. The van der Waals surface area contributed by atoms with Crippen LogP contribution in [0.3, 0.4) is 0 Å². The number of nitrogens with zero attached hydrogens (tertiary/aromatic N) is 3. The van der Waals surface area contributed by atoms with Gasteiger partial charge in [0.15, 0.2) is 0 Å². The smallest absolute Gasteiger partial charge is 0.236 e. The van der Waals surface area contributed by atoms with E-state index in [1.807, 2.05) is 0 Å². The summed E-state index contributed by atoms with van der Waals surface area (Å²) >= 11 is 6.05. The van der Waals surface area contributed by atoms with Crippen molar-refractivity contribution in [2.24, 2.45) is 0 Å². The Morgan fingerprint density at radius 2 is 1.86 bits per heavy atom. The highest BCUT2D eigenvalue weighted by Gasteiger charge is 2.20. The van der Waals surface area contributed by atoms with Gasteiger partial charge >= 0.3 is 0 Å². The van der Waals surface area contributed by atoms with Gasteiger partial charge in [-0.25, -0.2) is 4.39 Å². The van der Waals surface area contributed by atoms with Crippen LogP contribution in [0.1, 0.15) is 5.56 Å². The molecule has 4 nitrogen and oxygen atoms in total. The molecule has 116 valence electrons. The molecule has 0 atom stereocenters. The molecule has 0 aromatic heterocycles. The predicted molar refractivity (Wildman–Crippen MR) is 81.8 cm³/mol. The fraction of sp³-hybridized carbons (Fsp3) is 0.533. The van der Waals surface area contributed by atoms with Gasteiger partial charge in [-0.05, 0) is 17.7 Å². The molecule has 21 heavy (non-hydrogen) atoms. The highest BCUT2D eigenvalue weighted by Crippen LogP contribution is 2.19. The molecule has 0 unspecified atom stereocenters. The first-order chi connectivity index (χ1) is 9.95. The zero-order valence-electron chi connectivity index (χ0n) is 12.5. The molecule has 2 rings (SSSR count). The van der Waals surface area contributed by atoms with Gasteiger partial charge in [0.05, 0.1) is 6.54 Å². The van der Waals surface area contributed by atoms with Gasteiger partial charge in [0.2, 0.25) is 5.91 Å². The van der Waals surface area contributed by atoms with Crippen LogP contribution in [0.2, 0.25) is 5.02 Å². The van der Waals surface area contributed by atoms with Gasteiger partial charge in [0.25, 0.3) is 0 Å². The Kier molecular flexibility index (Phi) is 5.56. The van der Waals surface area contributed by atoms with E-state index in [4.69, 9.17) is 11.6 Å². The Morgan fingerprint density at radius 3 is 2.43 bits per heavy atom. The molecule has 1 aromatic rings. The minimum Gasteiger partial charge on any atom is -0.348 e. The third-order valence-corrected chi connectivity index (χ3v) is 4.08. The van der Waals surface area contributed by atoms with Crippen molar-refractivity contribution < 1.29 is 9.18 Å². The zero-order valence-corrected chi connectivity index (χ0v) is 13.2. The van der Waals surface area contributed by atoms with E-state index in [0.29, 0.717) is 18.1 Å². The molecular weight excluding hydrogens is 293 g/mol. The van der Waals surface area contributed by atoms with Crippen molar-refractivity contribution in [2.75, 3.05) is 46.8 Å². The first-order valence-electron chi connectivity index (χ1n) is 7.04. The summed E-state index contributed by atoms with van der Waals surface area (Å²) in [5.41, 5.74) is 0.941. The molecule has 1 fully saturated rings. The molecule has 1 aliphatic heterocycles. The number of hydrogen-bond donors (Lipinski definition) is 0. The number of hydrogen-bond acceptors (Lipinski definition) is 3. The van der Waals surface area contributed by atoms with E-state index in [9.17, 15) is 9.18 Å². The van der Waals surface area contributed by atoms with Crippen molar-refractivity contribution >= 4 is 17.5 Å². The largest absolute Gasteiger partial charge is 0.348 e. The molecule has 0 spiro atoms. The Labute approximate surface area is 130 Å². The number of carbonyl (C=O) groups excluding carboxylic acids is 1. The minimum atomic E-state index is -0.309. The summed E-state index contributed by atoms with van der Waals surface area (Å²) in [6.07, 6.45) is 0. The van der Waals surface area contributed by atoms with Gasteiger partial charge in [0, 0.05) is 51.8 Å². The van der Waals surface area contributed by atoms with E-state index in [0.717, 1.165) is 31.7 Å². The van der Waals surface area contributed by atoms with E-state index < -0.39 is 0 Å². The molecular formula is C15H21ClFN3O. The summed E-state index contributed by atoms with van der Waals surface area (Å²) in [6, 6.07) is 4.52. The molecule has 0 bridgehead atoms. The van der Waals surface area contributed by atoms with E-state index in [-0.39, 0.29) is 11.7 Å². The lowest BCUT2D eigenvalue weighted by Crippen LogP contribution is -2.48. The van der Waals surface area contributed by atoms with E-state index in [2.05, 4.69) is 9.80 Å². The number of carbonyl (C=O) groups is 1. The molecule has 1 amide bonds.